The summed E-state index contributed by atoms with van der Waals surface area (Å²) >= 11 is 0. The fourth-order valence-corrected chi connectivity index (χ4v) is 1.22. The summed E-state index contributed by atoms with van der Waals surface area (Å²) in [5.74, 6) is -0.435. The molecule has 0 aliphatic carbocycles. The lowest BCUT2D eigenvalue weighted by molar-refractivity contribution is -0.119. The van der Waals surface area contributed by atoms with E-state index in [1.165, 1.54) is 0 Å². The first-order chi connectivity index (χ1) is 5.99. The Morgan fingerprint density at radius 1 is 1.54 bits per heavy atom. The maximum absolute atomic E-state index is 10.7. The molecule has 0 spiro atoms. The van der Waals surface area contributed by atoms with E-state index in [0.29, 0.717) is 12.6 Å². The number of nitrogens with zero attached hydrogens (tertiary/aromatic N) is 1. The van der Waals surface area contributed by atoms with Gasteiger partial charge in [0.25, 0.3) is 0 Å². The zero-order valence-corrected chi connectivity index (χ0v) is 8.79. The van der Waals surface area contributed by atoms with Crippen LogP contribution in [0.15, 0.2) is 0 Å². The van der Waals surface area contributed by atoms with Crippen molar-refractivity contribution in [2.45, 2.75) is 38.8 Å². The van der Waals surface area contributed by atoms with Crippen molar-refractivity contribution in [3.63, 3.8) is 0 Å². The molecule has 2 atom stereocenters. The molecule has 13 heavy (non-hydrogen) atoms. The number of hydrogen-bond acceptors (Lipinski definition) is 3. The van der Waals surface area contributed by atoms with Gasteiger partial charge < -0.3 is 16.4 Å². The molecular formula is C9H21N3O. The lowest BCUT2D eigenvalue weighted by atomic mass is 10.1. The van der Waals surface area contributed by atoms with E-state index in [-0.39, 0.29) is 0 Å². The van der Waals surface area contributed by atoms with Crippen molar-refractivity contribution < 1.29 is 4.79 Å². The first kappa shape index (κ1) is 12.4. The molecule has 0 heterocycles. The molecule has 0 rings (SSSR count). The lowest BCUT2D eigenvalue weighted by Crippen LogP contribution is -2.47. The molecule has 0 radical (unpaired) electrons. The highest BCUT2D eigenvalue weighted by Crippen LogP contribution is 2.03. The van der Waals surface area contributed by atoms with Gasteiger partial charge in [0.1, 0.15) is 0 Å². The van der Waals surface area contributed by atoms with E-state index in [1.54, 1.807) is 0 Å². The second kappa shape index (κ2) is 5.94. The Morgan fingerprint density at radius 2 is 2.08 bits per heavy atom. The summed E-state index contributed by atoms with van der Waals surface area (Å²) in [4.78, 5) is 12.8. The molecule has 2 unspecified atom stereocenters. The van der Waals surface area contributed by atoms with Crippen molar-refractivity contribution in [1.82, 2.24) is 4.90 Å². The van der Waals surface area contributed by atoms with E-state index < -0.39 is 11.9 Å². The molecule has 4 nitrogen and oxygen atoms in total. The van der Waals surface area contributed by atoms with Crippen LogP contribution in [0, 0.1) is 0 Å². The van der Waals surface area contributed by atoms with Gasteiger partial charge in [-0.05, 0) is 20.4 Å². The molecule has 4 heteroatoms. The van der Waals surface area contributed by atoms with E-state index in [2.05, 4.69) is 18.7 Å². The number of nitrogens with two attached hydrogens (primary N) is 2. The summed E-state index contributed by atoms with van der Waals surface area (Å²) in [6.45, 7) is 4.80. The Bertz CT molecular complexity index is 161. The summed E-state index contributed by atoms with van der Waals surface area (Å²) < 4.78 is 0. The number of carbonyl (C=O) groups excluding carboxylic acids is 1. The fraction of sp³-hybridized carbons (Fsp3) is 0.889. The number of primary amides is 1. The summed E-state index contributed by atoms with van der Waals surface area (Å²) in [7, 11) is 1.96. The predicted octanol–water partition coefficient (Wildman–Crippen LogP) is -0.0806. The minimum atomic E-state index is -0.552. The van der Waals surface area contributed by atoms with Crippen LogP contribution in [0.1, 0.15) is 26.7 Å². The molecule has 1 amide bonds. The highest BCUT2D eigenvalue weighted by Gasteiger charge is 2.15. The number of rotatable bonds is 6. The minimum Gasteiger partial charge on any atom is -0.368 e. The highest BCUT2D eigenvalue weighted by atomic mass is 16.1. The van der Waals surface area contributed by atoms with Crippen LogP contribution >= 0.6 is 0 Å². The van der Waals surface area contributed by atoms with E-state index in [9.17, 15) is 4.79 Å². The van der Waals surface area contributed by atoms with Crippen molar-refractivity contribution in [3.05, 3.63) is 0 Å². The summed E-state index contributed by atoms with van der Waals surface area (Å²) in [6, 6.07) is -0.0975. The van der Waals surface area contributed by atoms with E-state index in [0.717, 1.165) is 12.8 Å². The Morgan fingerprint density at radius 3 is 2.46 bits per heavy atom. The summed E-state index contributed by atoms with van der Waals surface area (Å²) in [5, 5.41) is 0. The van der Waals surface area contributed by atoms with Crippen LogP contribution in [0.4, 0.5) is 0 Å². The molecule has 0 saturated heterocycles. The van der Waals surface area contributed by atoms with E-state index >= 15 is 0 Å². The SMILES string of the molecule is CCCC(C)N(C)CC(N)C(N)=O. The van der Waals surface area contributed by atoms with Crippen LogP contribution < -0.4 is 11.5 Å². The Hall–Kier alpha value is -0.610. The van der Waals surface area contributed by atoms with Crippen LogP contribution in [-0.2, 0) is 4.79 Å². The van der Waals surface area contributed by atoms with Gasteiger partial charge in [0.15, 0.2) is 0 Å². The van der Waals surface area contributed by atoms with Crippen molar-refractivity contribution in [1.29, 1.82) is 0 Å². The van der Waals surface area contributed by atoms with Gasteiger partial charge >= 0.3 is 0 Å². The summed E-state index contributed by atoms with van der Waals surface area (Å²) in [5.41, 5.74) is 10.6. The minimum absolute atomic E-state index is 0.435. The first-order valence-corrected chi connectivity index (χ1v) is 4.74. The Kier molecular flexibility index (Phi) is 5.66. The molecule has 0 aliphatic heterocycles. The highest BCUT2D eigenvalue weighted by molar-refractivity contribution is 5.79. The van der Waals surface area contributed by atoms with Gasteiger partial charge in [-0.3, -0.25) is 4.79 Å². The molecule has 0 bridgehead atoms. The summed E-state index contributed by atoms with van der Waals surface area (Å²) in [6.07, 6.45) is 2.25. The maximum Gasteiger partial charge on any atom is 0.235 e. The molecule has 4 N–H and O–H groups in total. The van der Waals surface area contributed by atoms with Gasteiger partial charge in [-0.25, -0.2) is 0 Å². The zero-order valence-electron chi connectivity index (χ0n) is 8.79. The van der Waals surface area contributed by atoms with E-state index in [1.807, 2.05) is 7.05 Å². The van der Waals surface area contributed by atoms with Crippen LogP contribution in [0.3, 0.4) is 0 Å². The number of amides is 1. The number of carbonyl (C=O) groups is 1. The van der Waals surface area contributed by atoms with Crippen LogP contribution in [0.2, 0.25) is 0 Å². The molecule has 0 aromatic carbocycles. The van der Waals surface area contributed by atoms with E-state index in [4.69, 9.17) is 11.5 Å². The van der Waals surface area contributed by atoms with Crippen LogP contribution in [-0.4, -0.2) is 36.5 Å². The first-order valence-electron chi connectivity index (χ1n) is 4.74. The topological polar surface area (TPSA) is 72.3 Å². The van der Waals surface area contributed by atoms with Gasteiger partial charge in [0, 0.05) is 12.6 Å². The standard InChI is InChI=1S/C9H21N3O/c1-4-5-7(2)12(3)6-8(10)9(11)13/h7-8H,4-6,10H2,1-3H3,(H2,11,13). The quantitative estimate of drug-likeness (QED) is 0.611. The molecule has 78 valence electrons. The van der Waals surface area contributed by atoms with Gasteiger partial charge in [-0.1, -0.05) is 13.3 Å². The lowest BCUT2D eigenvalue weighted by Gasteiger charge is -2.25. The Labute approximate surface area is 80.3 Å². The Balaban J connectivity index is 3.84. The third-order valence-corrected chi connectivity index (χ3v) is 2.31. The fourth-order valence-electron chi connectivity index (χ4n) is 1.22. The van der Waals surface area contributed by atoms with Crippen molar-refractivity contribution >= 4 is 5.91 Å². The van der Waals surface area contributed by atoms with Gasteiger partial charge in [-0.2, -0.15) is 0 Å². The van der Waals surface area contributed by atoms with Crippen LogP contribution in [0.25, 0.3) is 0 Å². The molecule has 0 aromatic rings. The molecule has 0 aliphatic rings. The largest absolute Gasteiger partial charge is 0.368 e. The second-order valence-corrected chi connectivity index (χ2v) is 3.59. The normalized spacial score (nSPS) is 15.8. The monoisotopic (exact) mass is 187 g/mol. The average molecular weight is 187 g/mol. The van der Waals surface area contributed by atoms with Crippen molar-refractivity contribution in [3.8, 4) is 0 Å². The third kappa shape index (κ3) is 4.85. The molecule has 0 aromatic heterocycles. The zero-order chi connectivity index (χ0) is 10.4. The van der Waals surface area contributed by atoms with Crippen molar-refractivity contribution in [2.75, 3.05) is 13.6 Å². The number of hydrogen-bond donors (Lipinski definition) is 2. The molecule has 0 saturated carbocycles. The third-order valence-electron chi connectivity index (χ3n) is 2.31. The average Bonchev–Trinajstić information content (AvgIpc) is 2.04. The smallest absolute Gasteiger partial charge is 0.235 e. The van der Waals surface area contributed by atoms with Gasteiger partial charge in [0.05, 0.1) is 6.04 Å². The number of likely N-dealkylation sites (N-methyl/N-ethyl adjacent to an activating group) is 1. The predicted molar refractivity (Wildman–Crippen MR) is 54.2 cm³/mol. The van der Waals surface area contributed by atoms with Crippen molar-refractivity contribution in [2.24, 2.45) is 11.5 Å². The van der Waals surface area contributed by atoms with Crippen LogP contribution in [0.5, 0.6) is 0 Å². The molecular weight excluding hydrogens is 166 g/mol. The van der Waals surface area contributed by atoms with Gasteiger partial charge in [-0.15, -0.1) is 0 Å². The maximum atomic E-state index is 10.7. The second-order valence-electron chi connectivity index (χ2n) is 3.59. The molecule has 0 fully saturated rings. The van der Waals surface area contributed by atoms with Gasteiger partial charge in [0.2, 0.25) is 5.91 Å².